The van der Waals surface area contributed by atoms with Crippen LogP contribution in [0.2, 0.25) is 10.0 Å². The van der Waals surface area contributed by atoms with Crippen LogP contribution in [0.3, 0.4) is 0 Å². The highest BCUT2D eigenvalue weighted by Gasteiger charge is 2.06. The Balaban J connectivity index is 1.86. The average molecular weight is 322 g/mol. The number of nitrogens with zero attached hydrogens (tertiary/aromatic N) is 3. The van der Waals surface area contributed by atoms with Crippen molar-refractivity contribution in [2.24, 2.45) is 0 Å². The van der Waals surface area contributed by atoms with E-state index in [-0.39, 0.29) is 12.3 Å². The van der Waals surface area contributed by atoms with E-state index in [0.717, 1.165) is 4.68 Å². The average Bonchev–Trinajstić information content (AvgIpc) is 2.50. The van der Waals surface area contributed by atoms with E-state index in [9.17, 15) is 4.79 Å². The van der Waals surface area contributed by atoms with Crippen molar-refractivity contribution in [3.63, 3.8) is 0 Å². The van der Waals surface area contributed by atoms with Crippen LogP contribution in [-0.2, 0) is 6.73 Å². The Morgan fingerprint density at radius 1 is 1.10 bits per heavy atom. The Hall–Kier alpha value is -2.11. The third-order valence-electron chi connectivity index (χ3n) is 2.87. The summed E-state index contributed by atoms with van der Waals surface area (Å²) in [5.41, 5.74) is 0.286. The first-order chi connectivity index (χ1) is 10.1. The van der Waals surface area contributed by atoms with Crippen LogP contribution < -0.4 is 10.3 Å². The monoisotopic (exact) mass is 321 g/mol. The minimum Gasteiger partial charge on any atom is -0.471 e. The zero-order chi connectivity index (χ0) is 14.8. The number of rotatable bonds is 3. The molecule has 0 amide bonds. The van der Waals surface area contributed by atoms with Gasteiger partial charge < -0.3 is 4.74 Å². The number of hydrogen-bond donors (Lipinski definition) is 0. The van der Waals surface area contributed by atoms with Crippen molar-refractivity contribution in [1.29, 1.82) is 0 Å². The summed E-state index contributed by atoms with van der Waals surface area (Å²) in [4.78, 5) is 12.2. The molecule has 106 valence electrons. The number of hydrogen-bond acceptors (Lipinski definition) is 4. The summed E-state index contributed by atoms with van der Waals surface area (Å²) in [5.74, 6) is 0.492. The summed E-state index contributed by atoms with van der Waals surface area (Å²) < 4.78 is 6.62. The number of fused-ring (bicyclic) bond motifs is 1. The van der Waals surface area contributed by atoms with Gasteiger partial charge in [-0.15, -0.1) is 5.10 Å². The van der Waals surface area contributed by atoms with Crippen LogP contribution in [0.15, 0.2) is 47.3 Å². The second kappa shape index (κ2) is 5.71. The van der Waals surface area contributed by atoms with E-state index in [1.807, 2.05) is 0 Å². The van der Waals surface area contributed by atoms with Crippen LogP contribution in [-0.4, -0.2) is 15.0 Å². The van der Waals surface area contributed by atoms with Gasteiger partial charge in [0.25, 0.3) is 5.56 Å². The summed E-state index contributed by atoms with van der Waals surface area (Å²) in [6, 6.07) is 11.9. The second-order valence-corrected chi connectivity index (χ2v) is 5.08. The van der Waals surface area contributed by atoms with Gasteiger partial charge in [0.1, 0.15) is 11.3 Å². The maximum atomic E-state index is 12.2. The molecule has 3 aromatic rings. The fourth-order valence-corrected chi connectivity index (χ4v) is 2.10. The normalized spacial score (nSPS) is 10.8. The number of benzene rings is 2. The van der Waals surface area contributed by atoms with Gasteiger partial charge in [-0.25, -0.2) is 0 Å². The smallest absolute Gasteiger partial charge is 0.280 e. The molecule has 0 bridgehead atoms. The van der Waals surface area contributed by atoms with Gasteiger partial charge in [0.2, 0.25) is 0 Å². The third-order valence-corrected chi connectivity index (χ3v) is 3.61. The minimum atomic E-state index is -0.263. The SMILES string of the molecule is O=c1c2ccccc2nnn1COc1ccc(Cl)c(Cl)c1. The minimum absolute atomic E-state index is 0.0609. The van der Waals surface area contributed by atoms with Crippen molar-refractivity contribution in [3.05, 3.63) is 62.9 Å². The first-order valence-corrected chi connectivity index (χ1v) is 6.81. The highest BCUT2D eigenvalue weighted by molar-refractivity contribution is 6.42. The molecule has 3 rings (SSSR count). The highest BCUT2D eigenvalue weighted by Crippen LogP contribution is 2.26. The van der Waals surface area contributed by atoms with Crippen LogP contribution >= 0.6 is 23.2 Å². The Morgan fingerprint density at radius 2 is 1.90 bits per heavy atom. The van der Waals surface area contributed by atoms with E-state index in [1.165, 1.54) is 0 Å². The first kappa shape index (κ1) is 13.9. The molecule has 0 aliphatic heterocycles. The second-order valence-electron chi connectivity index (χ2n) is 4.26. The van der Waals surface area contributed by atoms with Gasteiger partial charge in [-0.3, -0.25) is 4.79 Å². The lowest BCUT2D eigenvalue weighted by atomic mass is 10.2. The van der Waals surface area contributed by atoms with E-state index in [1.54, 1.807) is 42.5 Å². The molecule has 0 unspecified atom stereocenters. The van der Waals surface area contributed by atoms with Crippen molar-refractivity contribution in [3.8, 4) is 5.75 Å². The van der Waals surface area contributed by atoms with Gasteiger partial charge in [0.05, 0.1) is 15.4 Å². The molecule has 5 nitrogen and oxygen atoms in total. The largest absolute Gasteiger partial charge is 0.471 e. The van der Waals surface area contributed by atoms with Crippen LogP contribution in [0.5, 0.6) is 5.75 Å². The van der Waals surface area contributed by atoms with Gasteiger partial charge in [0, 0.05) is 6.07 Å². The molecule has 0 aliphatic rings. The van der Waals surface area contributed by atoms with Gasteiger partial charge in [0.15, 0.2) is 6.73 Å². The molecule has 0 saturated carbocycles. The summed E-state index contributed by atoms with van der Waals surface area (Å²) in [6.45, 7) is -0.0609. The molecular weight excluding hydrogens is 313 g/mol. The van der Waals surface area contributed by atoms with Gasteiger partial charge in [-0.2, -0.15) is 4.68 Å². The molecule has 1 heterocycles. The molecule has 0 fully saturated rings. The Bertz CT molecular complexity index is 864. The van der Waals surface area contributed by atoms with Crippen molar-refractivity contribution < 1.29 is 4.74 Å². The zero-order valence-corrected chi connectivity index (χ0v) is 12.2. The fourth-order valence-electron chi connectivity index (χ4n) is 1.81. The molecule has 0 radical (unpaired) electrons. The van der Waals surface area contributed by atoms with Crippen LogP contribution in [0.25, 0.3) is 10.9 Å². The van der Waals surface area contributed by atoms with Crippen LogP contribution in [0.1, 0.15) is 0 Å². The van der Waals surface area contributed by atoms with Gasteiger partial charge >= 0.3 is 0 Å². The lowest BCUT2D eigenvalue weighted by molar-refractivity contribution is 0.210. The lowest BCUT2D eigenvalue weighted by Gasteiger charge is -2.08. The Labute approximate surface area is 129 Å². The maximum absolute atomic E-state index is 12.2. The topological polar surface area (TPSA) is 57.0 Å². The summed E-state index contributed by atoms with van der Waals surface area (Å²) in [6.07, 6.45) is 0. The molecule has 7 heteroatoms. The summed E-state index contributed by atoms with van der Waals surface area (Å²) >= 11 is 11.7. The molecular formula is C14H9Cl2N3O2. The zero-order valence-electron chi connectivity index (χ0n) is 10.7. The predicted molar refractivity (Wildman–Crippen MR) is 80.9 cm³/mol. The van der Waals surface area contributed by atoms with Gasteiger partial charge in [-0.1, -0.05) is 40.5 Å². The molecule has 0 spiro atoms. The summed E-state index contributed by atoms with van der Waals surface area (Å²) in [7, 11) is 0. The predicted octanol–water partition coefficient (Wildman–Crippen LogP) is 3.13. The molecule has 0 atom stereocenters. The quantitative estimate of drug-likeness (QED) is 0.743. The molecule has 21 heavy (non-hydrogen) atoms. The number of aromatic nitrogens is 3. The number of halogens is 2. The van der Waals surface area contributed by atoms with Crippen molar-refractivity contribution >= 4 is 34.1 Å². The fraction of sp³-hybridized carbons (Fsp3) is 0.0714. The van der Waals surface area contributed by atoms with E-state index in [4.69, 9.17) is 27.9 Å². The van der Waals surface area contributed by atoms with E-state index in [2.05, 4.69) is 10.3 Å². The molecule has 0 N–H and O–H groups in total. The lowest BCUT2D eigenvalue weighted by Crippen LogP contribution is -2.26. The van der Waals surface area contributed by atoms with Crippen molar-refractivity contribution in [1.82, 2.24) is 15.0 Å². The Morgan fingerprint density at radius 3 is 2.71 bits per heavy atom. The standard InChI is InChI=1S/C14H9Cl2N3O2/c15-11-6-5-9(7-12(11)16)21-8-19-14(20)10-3-1-2-4-13(10)17-18-19/h1-7H,8H2. The molecule has 0 saturated heterocycles. The first-order valence-electron chi connectivity index (χ1n) is 6.05. The molecule has 1 aromatic heterocycles. The Kier molecular flexibility index (Phi) is 3.77. The highest BCUT2D eigenvalue weighted by atomic mass is 35.5. The van der Waals surface area contributed by atoms with Crippen molar-refractivity contribution in [2.75, 3.05) is 0 Å². The maximum Gasteiger partial charge on any atom is 0.280 e. The summed E-state index contributed by atoms with van der Waals surface area (Å²) in [5, 5.41) is 9.11. The van der Waals surface area contributed by atoms with E-state index >= 15 is 0 Å². The number of ether oxygens (including phenoxy) is 1. The third kappa shape index (κ3) is 2.84. The van der Waals surface area contributed by atoms with Crippen molar-refractivity contribution in [2.45, 2.75) is 6.73 Å². The van der Waals surface area contributed by atoms with Crippen LogP contribution in [0.4, 0.5) is 0 Å². The molecule has 2 aromatic carbocycles. The van der Waals surface area contributed by atoms with Crippen LogP contribution in [0, 0.1) is 0 Å². The molecule has 0 aliphatic carbocycles. The van der Waals surface area contributed by atoms with E-state index in [0.29, 0.717) is 26.7 Å². The van der Waals surface area contributed by atoms with E-state index < -0.39 is 0 Å². The van der Waals surface area contributed by atoms with Gasteiger partial charge in [-0.05, 0) is 24.3 Å².